The Kier molecular flexibility index (Phi) is 4.97. The summed E-state index contributed by atoms with van der Waals surface area (Å²) in [4.78, 5) is 27.8. The summed E-state index contributed by atoms with van der Waals surface area (Å²) >= 11 is 0. The Balaban J connectivity index is 1.84. The maximum Gasteiger partial charge on any atom is 0.416 e. The van der Waals surface area contributed by atoms with Gasteiger partial charge in [0.1, 0.15) is 12.3 Å². The summed E-state index contributed by atoms with van der Waals surface area (Å²) in [5, 5.41) is 2.40. The Morgan fingerprint density at radius 2 is 2.11 bits per heavy atom. The minimum absolute atomic E-state index is 0.0321. The van der Waals surface area contributed by atoms with E-state index < -0.39 is 23.7 Å². The van der Waals surface area contributed by atoms with Crippen molar-refractivity contribution in [2.24, 2.45) is 0 Å². The molecule has 0 bridgehead atoms. The van der Waals surface area contributed by atoms with Gasteiger partial charge in [0.25, 0.3) is 0 Å². The fraction of sp³-hybridized carbons (Fsp3) is 0.333. The number of nitrogens with zero attached hydrogens (tertiary/aromatic N) is 2. The quantitative estimate of drug-likeness (QED) is 0.884. The van der Waals surface area contributed by atoms with E-state index in [4.69, 9.17) is 4.42 Å². The highest BCUT2D eigenvalue weighted by atomic mass is 19.4. The average molecular weight is 381 g/mol. The van der Waals surface area contributed by atoms with Gasteiger partial charge in [0.2, 0.25) is 11.8 Å². The van der Waals surface area contributed by atoms with Crippen molar-refractivity contribution in [2.45, 2.75) is 25.7 Å². The number of hydrogen-bond acceptors (Lipinski definition) is 4. The van der Waals surface area contributed by atoms with Crippen LogP contribution in [-0.2, 0) is 22.3 Å². The van der Waals surface area contributed by atoms with Gasteiger partial charge in [-0.15, -0.1) is 0 Å². The van der Waals surface area contributed by atoms with Crippen molar-refractivity contribution in [3.8, 4) is 0 Å². The summed E-state index contributed by atoms with van der Waals surface area (Å²) in [7, 11) is 1.72. The molecule has 0 spiro atoms. The number of benzene rings is 1. The zero-order chi connectivity index (χ0) is 19.8. The number of carbonyl (C=O) groups is 2. The highest BCUT2D eigenvalue weighted by molar-refractivity contribution is 6.11. The van der Waals surface area contributed by atoms with E-state index in [2.05, 4.69) is 5.32 Å². The lowest BCUT2D eigenvalue weighted by Gasteiger charge is -2.33. The van der Waals surface area contributed by atoms with Crippen molar-refractivity contribution in [2.75, 3.05) is 23.8 Å². The summed E-state index contributed by atoms with van der Waals surface area (Å²) in [6.07, 6.45) is -3.01. The standard InChI is InChI=1S/C18H18F3N3O3/c1-11(23(2)9-13-4-3-7-27-13)17(26)24-10-16(25)22-14-8-12(18(19,20)21)5-6-15(14)24/h3-8,11H,9-10H2,1-2H3,(H,22,25). The lowest BCUT2D eigenvalue weighted by molar-refractivity contribution is -0.137. The van der Waals surface area contributed by atoms with Gasteiger partial charge in [-0.3, -0.25) is 19.4 Å². The maximum absolute atomic E-state index is 12.9. The van der Waals surface area contributed by atoms with E-state index in [1.807, 2.05) is 0 Å². The van der Waals surface area contributed by atoms with E-state index in [1.165, 1.54) is 17.2 Å². The van der Waals surface area contributed by atoms with E-state index >= 15 is 0 Å². The number of likely N-dealkylation sites (N-methyl/N-ethyl adjacent to an activating group) is 1. The van der Waals surface area contributed by atoms with Crippen LogP contribution < -0.4 is 10.2 Å². The Labute approximate surface area is 153 Å². The summed E-state index contributed by atoms with van der Waals surface area (Å²) in [5.41, 5.74) is -0.681. The lowest BCUT2D eigenvalue weighted by Crippen LogP contribution is -2.50. The van der Waals surface area contributed by atoms with Crippen LogP contribution >= 0.6 is 0 Å². The molecule has 6 nitrogen and oxygen atoms in total. The van der Waals surface area contributed by atoms with E-state index in [0.717, 1.165) is 12.1 Å². The third kappa shape index (κ3) is 3.97. The highest BCUT2D eigenvalue weighted by Crippen LogP contribution is 2.37. The Hall–Kier alpha value is -2.81. The Bertz CT molecular complexity index is 849. The minimum atomic E-state index is -4.54. The van der Waals surface area contributed by atoms with Gasteiger partial charge in [-0.1, -0.05) is 0 Å². The zero-order valence-electron chi connectivity index (χ0n) is 14.7. The van der Waals surface area contributed by atoms with E-state index in [-0.39, 0.29) is 23.8 Å². The molecule has 2 aromatic rings. The number of rotatable bonds is 4. The number of carbonyl (C=O) groups excluding carboxylic acids is 2. The molecule has 27 heavy (non-hydrogen) atoms. The first kappa shape index (κ1) is 19.0. The van der Waals surface area contributed by atoms with Crippen LogP contribution in [-0.4, -0.2) is 36.3 Å². The fourth-order valence-corrected chi connectivity index (χ4v) is 2.86. The molecular weight excluding hydrogens is 363 g/mol. The molecule has 1 aliphatic heterocycles. The third-order valence-corrected chi connectivity index (χ3v) is 4.46. The van der Waals surface area contributed by atoms with Gasteiger partial charge in [-0.2, -0.15) is 13.2 Å². The molecule has 3 rings (SSSR count). The molecule has 1 aromatic heterocycles. The van der Waals surface area contributed by atoms with Gasteiger partial charge in [0.15, 0.2) is 0 Å². The normalized spacial score (nSPS) is 15.5. The van der Waals surface area contributed by atoms with Gasteiger partial charge < -0.3 is 9.73 Å². The first-order valence-electron chi connectivity index (χ1n) is 8.22. The predicted octanol–water partition coefficient (Wildman–Crippen LogP) is 3.10. The molecule has 0 saturated heterocycles. The molecule has 0 saturated carbocycles. The van der Waals surface area contributed by atoms with Gasteiger partial charge in [0, 0.05) is 0 Å². The monoisotopic (exact) mass is 381 g/mol. The van der Waals surface area contributed by atoms with Gasteiger partial charge in [0.05, 0.1) is 35.8 Å². The van der Waals surface area contributed by atoms with Crippen molar-refractivity contribution in [3.63, 3.8) is 0 Å². The molecule has 0 fully saturated rings. The second kappa shape index (κ2) is 7.07. The molecule has 144 valence electrons. The molecule has 1 atom stereocenters. The van der Waals surface area contributed by atoms with E-state index in [1.54, 1.807) is 31.0 Å². The number of halogens is 3. The molecule has 0 radical (unpaired) electrons. The number of nitrogens with one attached hydrogen (secondary N) is 1. The first-order valence-corrected chi connectivity index (χ1v) is 8.22. The van der Waals surface area contributed by atoms with Gasteiger partial charge in [-0.25, -0.2) is 0 Å². The maximum atomic E-state index is 12.9. The molecule has 9 heteroatoms. The molecule has 1 N–H and O–H groups in total. The summed E-state index contributed by atoms with van der Waals surface area (Å²) < 4.78 is 44.0. The summed E-state index contributed by atoms with van der Waals surface area (Å²) in [5.74, 6) is -0.264. The number of alkyl halides is 3. The van der Waals surface area contributed by atoms with Gasteiger partial charge >= 0.3 is 6.18 Å². The Morgan fingerprint density at radius 1 is 1.37 bits per heavy atom. The number of hydrogen-bond donors (Lipinski definition) is 1. The summed E-state index contributed by atoms with van der Waals surface area (Å²) in [6.45, 7) is 1.79. The van der Waals surface area contributed by atoms with E-state index in [0.29, 0.717) is 12.3 Å². The van der Waals surface area contributed by atoms with Crippen LogP contribution in [0.5, 0.6) is 0 Å². The molecule has 2 heterocycles. The van der Waals surface area contributed by atoms with Crippen LogP contribution in [0.3, 0.4) is 0 Å². The topological polar surface area (TPSA) is 65.8 Å². The third-order valence-electron chi connectivity index (χ3n) is 4.46. The molecule has 1 unspecified atom stereocenters. The predicted molar refractivity (Wildman–Crippen MR) is 92.1 cm³/mol. The molecule has 1 aliphatic rings. The van der Waals surface area contributed by atoms with Crippen molar-refractivity contribution < 1.29 is 27.2 Å². The minimum Gasteiger partial charge on any atom is -0.468 e. The average Bonchev–Trinajstić information content (AvgIpc) is 3.11. The number of anilines is 2. The van der Waals surface area contributed by atoms with Crippen LogP contribution in [0.4, 0.5) is 24.5 Å². The van der Waals surface area contributed by atoms with Crippen LogP contribution in [0, 0.1) is 0 Å². The van der Waals surface area contributed by atoms with Crippen molar-refractivity contribution in [1.82, 2.24) is 4.90 Å². The molecule has 1 aromatic carbocycles. The van der Waals surface area contributed by atoms with Crippen molar-refractivity contribution >= 4 is 23.2 Å². The second-order valence-corrected chi connectivity index (χ2v) is 6.37. The number of amides is 2. The van der Waals surface area contributed by atoms with Crippen LogP contribution in [0.25, 0.3) is 0 Å². The number of fused-ring (bicyclic) bond motifs is 1. The molecule has 0 aliphatic carbocycles. The van der Waals surface area contributed by atoms with Gasteiger partial charge in [-0.05, 0) is 44.3 Å². The first-order chi connectivity index (χ1) is 12.7. The lowest BCUT2D eigenvalue weighted by atomic mass is 10.1. The number of furan rings is 1. The fourth-order valence-electron chi connectivity index (χ4n) is 2.86. The smallest absolute Gasteiger partial charge is 0.416 e. The molecular formula is C18H18F3N3O3. The van der Waals surface area contributed by atoms with Crippen molar-refractivity contribution in [3.05, 3.63) is 47.9 Å². The van der Waals surface area contributed by atoms with Crippen molar-refractivity contribution in [1.29, 1.82) is 0 Å². The Morgan fingerprint density at radius 3 is 2.74 bits per heavy atom. The molecule has 2 amide bonds. The van der Waals surface area contributed by atoms with Crippen LogP contribution in [0.1, 0.15) is 18.2 Å². The second-order valence-electron chi connectivity index (χ2n) is 6.37. The zero-order valence-corrected chi connectivity index (χ0v) is 14.7. The largest absolute Gasteiger partial charge is 0.468 e. The summed E-state index contributed by atoms with van der Waals surface area (Å²) in [6, 6.07) is 5.83. The SMILES string of the molecule is CC(C(=O)N1CC(=O)Nc2cc(C(F)(F)F)ccc21)N(C)Cc1ccco1. The highest BCUT2D eigenvalue weighted by Gasteiger charge is 2.35. The van der Waals surface area contributed by atoms with Crippen LogP contribution in [0.15, 0.2) is 41.0 Å². The van der Waals surface area contributed by atoms with E-state index in [9.17, 15) is 22.8 Å². The van der Waals surface area contributed by atoms with Crippen LogP contribution in [0.2, 0.25) is 0 Å².